The number of hydrogen-bond donors (Lipinski definition) is 1. The SMILES string of the molecule is CCNC(C)CC(=O)c1ccn(C)n1. The zero-order chi connectivity index (χ0) is 10.6. The monoisotopic (exact) mass is 195 g/mol. The van der Waals surface area contributed by atoms with Crippen LogP contribution < -0.4 is 5.32 Å². The second-order valence-electron chi connectivity index (χ2n) is 3.46. The van der Waals surface area contributed by atoms with Crippen molar-refractivity contribution in [1.29, 1.82) is 0 Å². The van der Waals surface area contributed by atoms with E-state index >= 15 is 0 Å². The third kappa shape index (κ3) is 2.96. The lowest BCUT2D eigenvalue weighted by Crippen LogP contribution is -2.28. The van der Waals surface area contributed by atoms with Gasteiger partial charge in [-0.15, -0.1) is 0 Å². The summed E-state index contributed by atoms with van der Waals surface area (Å²) in [5.41, 5.74) is 0.553. The molecule has 0 amide bonds. The van der Waals surface area contributed by atoms with Gasteiger partial charge in [0.1, 0.15) is 5.69 Å². The van der Waals surface area contributed by atoms with Gasteiger partial charge in [-0.1, -0.05) is 6.92 Å². The Kier molecular flexibility index (Phi) is 3.83. The van der Waals surface area contributed by atoms with Crippen molar-refractivity contribution in [3.8, 4) is 0 Å². The third-order valence-electron chi connectivity index (χ3n) is 2.04. The molecule has 0 bridgehead atoms. The number of nitrogens with one attached hydrogen (secondary N) is 1. The second-order valence-corrected chi connectivity index (χ2v) is 3.46. The fourth-order valence-corrected chi connectivity index (χ4v) is 1.37. The number of aryl methyl sites for hydroxylation is 1. The average Bonchev–Trinajstić information content (AvgIpc) is 2.52. The summed E-state index contributed by atoms with van der Waals surface area (Å²) in [4.78, 5) is 11.6. The zero-order valence-corrected chi connectivity index (χ0v) is 8.95. The minimum Gasteiger partial charge on any atom is -0.314 e. The molecule has 0 spiro atoms. The van der Waals surface area contributed by atoms with Gasteiger partial charge in [-0.3, -0.25) is 9.48 Å². The first-order valence-corrected chi connectivity index (χ1v) is 4.89. The molecule has 1 aromatic heterocycles. The molecule has 14 heavy (non-hydrogen) atoms. The molecule has 1 N–H and O–H groups in total. The average molecular weight is 195 g/mol. The molecule has 4 nitrogen and oxygen atoms in total. The van der Waals surface area contributed by atoms with E-state index in [9.17, 15) is 4.79 Å². The van der Waals surface area contributed by atoms with E-state index in [-0.39, 0.29) is 11.8 Å². The summed E-state index contributed by atoms with van der Waals surface area (Å²) in [6.45, 7) is 4.92. The van der Waals surface area contributed by atoms with Gasteiger partial charge in [0.05, 0.1) is 0 Å². The van der Waals surface area contributed by atoms with Crippen LogP contribution in [0.2, 0.25) is 0 Å². The van der Waals surface area contributed by atoms with Crippen LogP contribution in [0.15, 0.2) is 12.3 Å². The van der Waals surface area contributed by atoms with Gasteiger partial charge < -0.3 is 5.32 Å². The smallest absolute Gasteiger partial charge is 0.184 e. The molecular formula is C10H17N3O. The fourth-order valence-electron chi connectivity index (χ4n) is 1.37. The summed E-state index contributed by atoms with van der Waals surface area (Å²) in [6, 6.07) is 1.97. The number of carbonyl (C=O) groups excluding carboxylic acids is 1. The van der Waals surface area contributed by atoms with Crippen molar-refractivity contribution in [2.24, 2.45) is 7.05 Å². The van der Waals surface area contributed by atoms with Crippen LogP contribution in [0.1, 0.15) is 30.8 Å². The van der Waals surface area contributed by atoms with Crippen LogP contribution in [-0.4, -0.2) is 28.2 Å². The molecule has 0 saturated heterocycles. The van der Waals surface area contributed by atoms with Crippen LogP contribution in [0.4, 0.5) is 0 Å². The van der Waals surface area contributed by atoms with Crippen molar-refractivity contribution in [3.05, 3.63) is 18.0 Å². The van der Waals surface area contributed by atoms with Crippen molar-refractivity contribution < 1.29 is 4.79 Å². The Labute approximate surface area is 84.3 Å². The Morgan fingerprint density at radius 3 is 2.93 bits per heavy atom. The van der Waals surface area contributed by atoms with Gasteiger partial charge in [0.25, 0.3) is 0 Å². The Morgan fingerprint density at radius 2 is 2.43 bits per heavy atom. The third-order valence-corrected chi connectivity index (χ3v) is 2.04. The standard InChI is InChI=1S/C10H17N3O/c1-4-11-8(2)7-10(14)9-5-6-13(3)12-9/h5-6,8,11H,4,7H2,1-3H3. The number of aromatic nitrogens is 2. The van der Waals surface area contributed by atoms with Crippen molar-refractivity contribution >= 4 is 5.78 Å². The highest BCUT2D eigenvalue weighted by atomic mass is 16.1. The largest absolute Gasteiger partial charge is 0.314 e. The fraction of sp³-hybridized carbons (Fsp3) is 0.600. The van der Waals surface area contributed by atoms with E-state index in [4.69, 9.17) is 0 Å². The minimum atomic E-state index is 0.0963. The van der Waals surface area contributed by atoms with Crippen LogP contribution in [-0.2, 0) is 7.05 Å². The highest BCUT2D eigenvalue weighted by Gasteiger charge is 2.12. The van der Waals surface area contributed by atoms with Crippen LogP contribution in [0.5, 0.6) is 0 Å². The number of rotatable bonds is 5. The van der Waals surface area contributed by atoms with Crippen molar-refractivity contribution in [1.82, 2.24) is 15.1 Å². The van der Waals surface area contributed by atoms with E-state index in [2.05, 4.69) is 10.4 Å². The van der Waals surface area contributed by atoms with Gasteiger partial charge in [-0.2, -0.15) is 5.10 Å². The van der Waals surface area contributed by atoms with Crippen molar-refractivity contribution in [2.75, 3.05) is 6.54 Å². The highest BCUT2D eigenvalue weighted by Crippen LogP contribution is 2.02. The molecule has 1 unspecified atom stereocenters. The Hall–Kier alpha value is -1.16. The summed E-state index contributed by atoms with van der Waals surface area (Å²) in [5, 5.41) is 7.26. The van der Waals surface area contributed by atoms with E-state index in [1.807, 2.05) is 20.9 Å². The van der Waals surface area contributed by atoms with Crippen LogP contribution >= 0.6 is 0 Å². The second kappa shape index (κ2) is 4.91. The minimum absolute atomic E-state index is 0.0963. The summed E-state index contributed by atoms with van der Waals surface area (Å²) in [5.74, 6) is 0.0963. The summed E-state index contributed by atoms with van der Waals surface area (Å²) in [7, 11) is 1.81. The maximum atomic E-state index is 11.6. The van der Waals surface area contributed by atoms with Gasteiger partial charge in [-0.25, -0.2) is 0 Å². The quantitative estimate of drug-likeness (QED) is 0.713. The molecule has 4 heteroatoms. The first kappa shape index (κ1) is 10.9. The number of carbonyl (C=O) groups is 1. The molecule has 0 aromatic carbocycles. The molecule has 0 radical (unpaired) electrons. The number of hydrogen-bond acceptors (Lipinski definition) is 3. The van der Waals surface area contributed by atoms with E-state index < -0.39 is 0 Å². The van der Waals surface area contributed by atoms with Gasteiger partial charge >= 0.3 is 0 Å². The lowest BCUT2D eigenvalue weighted by Gasteiger charge is -2.09. The summed E-state index contributed by atoms with van der Waals surface area (Å²) >= 11 is 0. The molecule has 1 rings (SSSR count). The molecule has 1 aromatic rings. The van der Waals surface area contributed by atoms with Crippen LogP contribution in [0, 0.1) is 0 Å². The predicted molar refractivity (Wildman–Crippen MR) is 55.3 cm³/mol. The van der Waals surface area contributed by atoms with Crippen LogP contribution in [0.3, 0.4) is 0 Å². The molecule has 1 atom stereocenters. The predicted octanol–water partition coefficient (Wildman–Crippen LogP) is 0.991. The maximum absolute atomic E-state index is 11.6. The highest BCUT2D eigenvalue weighted by molar-refractivity contribution is 5.94. The number of ketones is 1. The molecule has 0 saturated carbocycles. The van der Waals surface area contributed by atoms with E-state index in [0.29, 0.717) is 12.1 Å². The normalized spacial score (nSPS) is 12.8. The van der Waals surface area contributed by atoms with Gasteiger partial charge in [0, 0.05) is 25.7 Å². The molecule has 1 heterocycles. The van der Waals surface area contributed by atoms with Crippen LogP contribution in [0.25, 0.3) is 0 Å². The lowest BCUT2D eigenvalue weighted by atomic mass is 10.1. The first-order chi connectivity index (χ1) is 6.63. The van der Waals surface area contributed by atoms with Gasteiger partial charge in [0.2, 0.25) is 0 Å². The summed E-state index contributed by atoms with van der Waals surface area (Å²) < 4.78 is 1.64. The molecule has 0 aliphatic carbocycles. The Morgan fingerprint density at radius 1 is 1.71 bits per heavy atom. The molecule has 78 valence electrons. The maximum Gasteiger partial charge on any atom is 0.184 e. The topological polar surface area (TPSA) is 46.9 Å². The van der Waals surface area contributed by atoms with E-state index in [0.717, 1.165) is 6.54 Å². The molecule has 0 fully saturated rings. The Balaban J connectivity index is 2.50. The Bertz CT molecular complexity index is 306. The zero-order valence-electron chi connectivity index (χ0n) is 8.95. The van der Waals surface area contributed by atoms with Crippen molar-refractivity contribution in [2.45, 2.75) is 26.3 Å². The number of Topliss-reactive ketones (excluding diaryl/α,β-unsaturated/α-hetero) is 1. The molecule has 0 aliphatic rings. The van der Waals surface area contributed by atoms with E-state index in [1.165, 1.54) is 0 Å². The van der Waals surface area contributed by atoms with Crippen molar-refractivity contribution in [3.63, 3.8) is 0 Å². The molecule has 0 aliphatic heterocycles. The van der Waals surface area contributed by atoms with E-state index in [1.54, 1.807) is 16.9 Å². The lowest BCUT2D eigenvalue weighted by molar-refractivity contribution is 0.0966. The first-order valence-electron chi connectivity index (χ1n) is 4.89. The van der Waals surface area contributed by atoms with Gasteiger partial charge in [-0.05, 0) is 19.5 Å². The molecular weight excluding hydrogens is 178 g/mol. The summed E-state index contributed by atoms with van der Waals surface area (Å²) in [6.07, 6.45) is 2.29. The number of nitrogens with zero attached hydrogens (tertiary/aromatic N) is 2. The van der Waals surface area contributed by atoms with Gasteiger partial charge in [0.15, 0.2) is 5.78 Å².